The highest BCUT2D eigenvalue weighted by atomic mass is 32.1. The third kappa shape index (κ3) is 4.01. The number of rotatable bonds is 6. The third-order valence-corrected chi connectivity index (χ3v) is 3.59. The van der Waals surface area contributed by atoms with E-state index in [0.717, 1.165) is 0 Å². The number of hydrogen-bond donors (Lipinski definition) is 1. The number of carboxylic acids is 1. The van der Waals surface area contributed by atoms with Crippen LogP contribution < -0.4 is 9.84 Å². The van der Waals surface area contributed by atoms with E-state index in [-0.39, 0.29) is 10.6 Å². The van der Waals surface area contributed by atoms with Crippen molar-refractivity contribution < 1.29 is 19.0 Å². The molecule has 0 unspecified atom stereocenters. The van der Waals surface area contributed by atoms with Crippen molar-refractivity contribution in [2.75, 3.05) is 6.61 Å². The number of H-pyrrole nitrogens is 1. The van der Waals surface area contributed by atoms with Gasteiger partial charge in [-0.05, 0) is 48.6 Å². The number of carbonyl (C=O) groups excluding carboxylic acids is 1. The lowest BCUT2D eigenvalue weighted by molar-refractivity contribution is -0.307. The first-order valence-corrected chi connectivity index (χ1v) is 7.85. The smallest absolute Gasteiger partial charge is 0.216 e. The SMILES string of the molecule is O=C([O-])COc1ccccc1/C=N\n1c(-c2ccc(F)cc2)n[nH]c1=S. The molecule has 26 heavy (non-hydrogen) atoms. The number of ether oxygens (including phenoxy) is 1. The van der Waals surface area contributed by atoms with Crippen molar-refractivity contribution in [1.82, 2.24) is 14.9 Å². The van der Waals surface area contributed by atoms with E-state index in [1.165, 1.54) is 23.0 Å². The average Bonchev–Trinajstić information content (AvgIpc) is 3.00. The number of benzene rings is 2. The highest BCUT2D eigenvalue weighted by Gasteiger charge is 2.08. The zero-order chi connectivity index (χ0) is 18.5. The number of halogens is 1. The van der Waals surface area contributed by atoms with Gasteiger partial charge in [-0.1, -0.05) is 12.1 Å². The van der Waals surface area contributed by atoms with Gasteiger partial charge in [-0.15, -0.1) is 0 Å². The zero-order valence-electron chi connectivity index (χ0n) is 13.3. The van der Waals surface area contributed by atoms with Gasteiger partial charge in [0.2, 0.25) is 4.77 Å². The van der Waals surface area contributed by atoms with E-state index in [4.69, 9.17) is 17.0 Å². The summed E-state index contributed by atoms with van der Waals surface area (Å²) in [5.74, 6) is -0.956. The van der Waals surface area contributed by atoms with Crippen molar-refractivity contribution in [3.63, 3.8) is 0 Å². The molecule has 0 amide bonds. The summed E-state index contributed by atoms with van der Waals surface area (Å²) >= 11 is 5.17. The summed E-state index contributed by atoms with van der Waals surface area (Å²) in [7, 11) is 0. The summed E-state index contributed by atoms with van der Waals surface area (Å²) in [4.78, 5) is 10.6. The molecule has 9 heteroatoms. The second-order valence-electron chi connectivity index (χ2n) is 5.11. The van der Waals surface area contributed by atoms with Gasteiger partial charge in [-0.25, -0.2) is 9.49 Å². The molecule has 1 N–H and O–H groups in total. The van der Waals surface area contributed by atoms with Crippen LogP contribution in [0.1, 0.15) is 5.56 Å². The summed E-state index contributed by atoms with van der Waals surface area (Å²) in [5.41, 5.74) is 1.17. The number of aromatic nitrogens is 3. The number of carbonyl (C=O) groups is 1. The van der Waals surface area contributed by atoms with E-state index >= 15 is 0 Å². The van der Waals surface area contributed by atoms with Crippen LogP contribution in [0.15, 0.2) is 53.6 Å². The lowest BCUT2D eigenvalue weighted by Crippen LogP contribution is -2.29. The van der Waals surface area contributed by atoms with Gasteiger partial charge in [-0.2, -0.15) is 14.9 Å². The van der Waals surface area contributed by atoms with Gasteiger partial charge in [0.1, 0.15) is 18.2 Å². The number of para-hydroxylation sites is 1. The predicted molar refractivity (Wildman–Crippen MR) is 92.7 cm³/mol. The summed E-state index contributed by atoms with van der Waals surface area (Å²) in [6, 6.07) is 12.5. The van der Waals surface area contributed by atoms with Gasteiger partial charge in [0.05, 0.1) is 12.2 Å². The third-order valence-electron chi connectivity index (χ3n) is 3.33. The quantitative estimate of drug-likeness (QED) is 0.526. The summed E-state index contributed by atoms with van der Waals surface area (Å²) in [6.07, 6.45) is 1.46. The highest BCUT2D eigenvalue weighted by Crippen LogP contribution is 2.19. The van der Waals surface area contributed by atoms with E-state index in [2.05, 4.69) is 15.3 Å². The Morgan fingerprint density at radius 3 is 2.77 bits per heavy atom. The summed E-state index contributed by atoms with van der Waals surface area (Å²) < 4.78 is 19.9. The van der Waals surface area contributed by atoms with Crippen molar-refractivity contribution in [1.29, 1.82) is 0 Å². The molecule has 0 fully saturated rings. The van der Waals surface area contributed by atoms with E-state index in [0.29, 0.717) is 22.7 Å². The maximum atomic E-state index is 13.1. The first-order valence-electron chi connectivity index (χ1n) is 7.44. The van der Waals surface area contributed by atoms with Crippen molar-refractivity contribution in [2.24, 2.45) is 5.10 Å². The lowest BCUT2D eigenvalue weighted by atomic mass is 10.2. The molecule has 3 rings (SSSR count). The van der Waals surface area contributed by atoms with Crippen LogP contribution in [0.2, 0.25) is 0 Å². The topological polar surface area (TPSA) is 95.3 Å². The van der Waals surface area contributed by atoms with Gasteiger partial charge in [-0.3, -0.25) is 0 Å². The van der Waals surface area contributed by atoms with Crippen molar-refractivity contribution >= 4 is 24.4 Å². The van der Waals surface area contributed by atoms with Crippen LogP contribution in [0.3, 0.4) is 0 Å². The van der Waals surface area contributed by atoms with Crippen LogP contribution in [-0.2, 0) is 4.79 Å². The molecule has 0 saturated heterocycles. The van der Waals surface area contributed by atoms with E-state index < -0.39 is 12.6 Å². The minimum atomic E-state index is -1.33. The molecule has 3 aromatic rings. The monoisotopic (exact) mass is 371 g/mol. The fraction of sp³-hybridized carbons (Fsp3) is 0.0588. The molecule has 0 saturated carbocycles. The first kappa shape index (κ1) is 17.5. The van der Waals surface area contributed by atoms with E-state index in [1.807, 2.05) is 0 Å². The fourth-order valence-corrected chi connectivity index (χ4v) is 2.34. The maximum Gasteiger partial charge on any atom is 0.216 e. The van der Waals surface area contributed by atoms with Crippen LogP contribution in [0.25, 0.3) is 11.4 Å². The Morgan fingerprint density at radius 2 is 2.04 bits per heavy atom. The molecule has 7 nitrogen and oxygen atoms in total. The molecule has 0 spiro atoms. The van der Waals surface area contributed by atoms with E-state index in [1.54, 1.807) is 36.4 Å². The second kappa shape index (κ2) is 7.70. The minimum absolute atomic E-state index is 0.244. The number of aromatic amines is 1. The number of nitrogens with zero attached hydrogens (tertiary/aromatic N) is 3. The van der Waals surface area contributed by atoms with Gasteiger partial charge < -0.3 is 14.6 Å². The first-order chi connectivity index (χ1) is 12.5. The Balaban J connectivity index is 1.93. The normalized spacial score (nSPS) is 11.0. The molecule has 0 atom stereocenters. The number of nitrogens with one attached hydrogen (secondary N) is 1. The van der Waals surface area contributed by atoms with Crippen LogP contribution in [0, 0.1) is 10.6 Å². The molecular weight excluding hydrogens is 359 g/mol. The molecule has 0 aliphatic heterocycles. The Bertz CT molecular complexity index is 1010. The Morgan fingerprint density at radius 1 is 1.31 bits per heavy atom. The summed E-state index contributed by atoms with van der Waals surface area (Å²) in [6.45, 7) is -0.573. The second-order valence-corrected chi connectivity index (χ2v) is 5.50. The Hall–Kier alpha value is -3.33. The summed E-state index contributed by atoms with van der Waals surface area (Å²) in [5, 5.41) is 21.6. The lowest BCUT2D eigenvalue weighted by Gasteiger charge is -2.09. The van der Waals surface area contributed by atoms with E-state index in [9.17, 15) is 14.3 Å². The number of aliphatic carboxylic acids is 1. The highest BCUT2D eigenvalue weighted by molar-refractivity contribution is 7.71. The molecule has 0 aliphatic rings. The van der Waals surface area contributed by atoms with Gasteiger partial charge in [0.15, 0.2) is 5.82 Å². The molecule has 2 aromatic carbocycles. The van der Waals surface area contributed by atoms with Gasteiger partial charge >= 0.3 is 0 Å². The Kier molecular flexibility index (Phi) is 5.18. The molecular formula is C17H12FN4O3S-. The van der Waals surface area contributed by atoms with Crippen LogP contribution >= 0.6 is 12.2 Å². The van der Waals surface area contributed by atoms with Crippen molar-refractivity contribution in [3.8, 4) is 17.1 Å². The Labute approximate surface area is 152 Å². The molecule has 1 aromatic heterocycles. The molecule has 0 radical (unpaired) electrons. The zero-order valence-corrected chi connectivity index (χ0v) is 14.1. The van der Waals surface area contributed by atoms with Crippen LogP contribution in [0.4, 0.5) is 4.39 Å². The standard InChI is InChI=1S/C17H13FN4O3S/c18-13-7-5-11(6-8-13)16-20-21-17(26)22(16)19-9-12-3-1-2-4-14(12)25-10-15(23)24/h1-9H,10H2,(H,21,26)(H,23,24)/p-1/b19-9-. The minimum Gasteiger partial charge on any atom is -0.546 e. The average molecular weight is 371 g/mol. The largest absolute Gasteiger partial charge is 0.546 e. The molecule has 1 heterocycles. The van der Waals surface area contributed by atoms with Crippen LogP contribution in [0.5, 0.6) is 5.75 Å². The van der Waals surface area contributed by atoms with Crippen LogP contribution in [-0.4, -0.2) is 33.7 Å². The molecule has 132 valence electrons. The predicted octanol–water partition coefficient (Wildman–Crippen LogP) is 1.76. The van der Waals surface area contributed by atoms with Crippen molar-refractivity contribution in [3.05, 3.63) is 64.7 Å². The fourth-order valence-electron chi connectivity index (χ4n) is 2.16. The van der Waals surface area contributed by atoms with Gasteiger partial charge in [0, 0.05) is 11.1 Å². The number of carboxylic acid groups (broad SMARTS) is 1. The molecule has 0 aliphatic carbocycles. The van der Waals surface area contributed by atoms with Crippen molar-refractivity contribution in [2.45, 2.75) is 0 Å². The maximum absolute atomic E-state index is 13.1. The van der Waals surface area contributed by atoms with Gasteiger partial charge in [0.25, 0.3) is 0 Å². The molecule has 0 bridgehead atoms. The number of hydrogen-bond acceptors (Lipinski definition) is 6.